The van der Waals surface area contributed by atoms with Crippen molar-refractivity contribution >= 4 is 17.9 Å². The number of ether oxygens (including phenoxy) is 3. The maximum Gasteiger partial charge on any atom is 0.310 e. The van der Waals surface area contributed by atoms with E-state index in [-0.39, 0.29) is 5.95 Å². The van der Waals surface area contributed by atoms with Gasteiger partial charge in [0.05, 0.1) is 0 Å². The number of carbonyl (C=O) groups excluding carboxylic acids is 3. The summed E-state index contributed by atoms with van der Waals surface area (Å²) in [5.41, 5.74) is 0.339. The quantitative estimate of drug-likeness (QED) is 0.547. The second-order valence-corrected chi connectivity index (χ2v) is 3.41. The molecular weight excluding hydrogens is 228 g/mol. The van der Waals surface area contributed by atoms with Gasteiger partial charge in [0, 0.05) is 26.3 Å². The van der Waals surface area contributed by atoms with Gasteiger partial charge in [-0.05, 0) is 13.8 Å². The van der Waals surface area contributed by atoms with E-state index in [0.717, 1.165) is 0 Å². The third-order valence-electron chi connectivity index (χ3n) is 1.75. The summed E-state index contributed by atoms with van der Waals surface area (Å²) in [6, 6.07) is 0. The monoisotopic (exact) mass is 244 g/mol. The zero-order valence-corrected chi connectivity index (χ0v) is 10.5. The van der Waals surface area contributed by atoms with E-state index in [4.69, 9.17) is 14.2 Å². The number of rotatable bonds is 4. The molecule has 0 saturated heterocycles. The summed E-state index contributed by atoms with van der Waals surface area (Å²) in [5.74, 6) is -1.99. The van der Waals surface area contributed by atoms with Crippen LogP contribution in [-0.4, -0.2) is 24.0 Å². The van der Waals surface area contributed by atoms with Gasteiger partial charge in [-0.1, -0.05) is 0 Å². The minimum Gasteiger partial charge on any atom is -0.458 e. The summed E-state index contributed by atoms with van der Waals surface area (Å²) < 4.78 is 14.3. The molecule has 0 aromatic heterocycles. The lowest BCUT2D eigenvalue weighted by molar-refractivity contribution is -0.151. The standard InChI is InChI=1S/C11H16O6/c1-6(7(2)15-8(3)12)11(16-9(4)13)17-10(5)14/h7H,1-5H3. The Morgan fingerprint density at radius 3 is 1.53 bits per heavy atom. The highest BCUT2D eigenvalue weighted by molar-refractivity contribution is 5.70. The molecule has 17 heavy (non-hydrogen) atoms. The van der Waals surface area contributed by atoms with Crippen molar-refractivity contribution < 1.29 is 28.6 Å². The zero-order chi connectivity index (χ0) is 13.6. The first-order chi connectivity index (χ1) is 7.73. The zero-order valence-electron chi connectivity index (χ0n) is 10.5. The van der Waals surface area contributed by atoms with E-state index in [1.54, 1.807) is 6.92 Å². The number of esters is 3. The highest BCUT2D eigenvalue weighted by atomic mass is 16.7. The molecule has 0 spiro atoms. The Labute approximate surface area is 99.5 Å². The SMILES string of the molecule is CC(=O)OC(OC(C)=O)=C(C)C(C)OC(C)=O. The van der Waals surface area contributed by atoms with Gasteiger partial charge in [0.2, 0.25) is 0 Å². The molecule has 0 aromatic carbocycles. The fourth-order valence-electron chi connectivity index (χ4n) is 0.946. The van der Waals surface area contributed by atoms with Crippen LogP contribution in [0, 0.1) is 0 Å². The molecule has 0 amide bonds. The van der Waals surface area contributed by atoms with Gasteiger partial charge in [-0.3, -0.25) is 14.4 Å². The van der Waals surface area contributed by atoms with Crippen molar-refractivity contribution in [3.63, 3.8) is 0 Å². The molecular formula is C11H16O6. The molecule has 6 heteroatoms. The molecule has 0 aliphatic rings. The van der Waals surface area contributed by atoms with Gasteiger partial charge < -0.3 is 14.2 Å². The first-order valence-corrected chi connectivity index (χ1v) is 4.98. The Bertz CT molecular complexity index is 337. The van der Waals surface area contributed by atoms with Crippen LogP contribution in [0.2, 0.25) is 0 Å². The van der Waals surface area contributed by atoms with E-state index in [9.17, 15) is 14.4 Å². The first kappa shape index (κ1) is 15.2. The molecule has 6 nitrogen and oxygen atoms in total. The maximum atomic E-state index is 10.8. The minimum absolute atomic E-state index is 0.251. The highest BCUT2D eigenvalue weighted by Gasteiger charge is 2.18. The Balaban J connectivity index is 4.99. The van der Waals surface area contributed by atoms with Crippen LogP contribution in [0.1, 0.15) is 34.6 Å². The lowest BCUT2D eigenvalue weighted by Crippen LogP contribution is -2.18. The summed E-state index contributed by atoms with van der Waals surface area (Å²) in [7, 11) is 0. The third kappa shape index (κ3) is 6.34. The van der Waals surface area contributed by atoms with Crippen molar-refractivity contribution in [2.45, 2.75) is 40.7 Å². The van der Waals surface area contributed by atoms with Crippen LogP contribution in [0.25, 0.3) is 0 Å². The van der Waals surface area contributed by atoms with Gasteiger partial charge in [-0.15, -0.1) is 0 Å². The van der Waals surface area contributed by atoms with Crippen LogP contribution in [-0.2, 0) is 28.6 Å². The van der Waals surface area contributed by atoms with Gasteiger partial charge >= 0.3 is 17.9 Å². The van der Waals surface area contributed by atoms with Crippen LogP contribution in [0.4, 0.5) is 0 Å². The molecule has 1 unspecified atom stereocenters. The summed E-state index contributed by atoms with van der Waals surface area (Å²) >= 11 is 0. The van der Waals surface area contributed by atoms with E-state index in [2.05, 4.69) is 0 Å². The molecule has 0 N–H and O–H groups in total. The Kier molecular flexibility index (Phi) is 5.95. The van der Waals surface area contributed by atoms with Gasteiger partial charge in [-0.2, -0.15) is 0 Å². The van der Waals surface area contributed by atoms with E-state index in [1.165, 1.54) is 27.7 Å². The summed E-state index contributed by atoms with van der Waals surface area (Å²) in [4.78, 5) is 32.4. The summed E-state index contributed by atoms with van der Waals surface area (Å²) in [6.07, 6.45) is -0.652. The fourth-order valence-corrected chi connectivity index (χ4v) is 0.946. The summed E-state index contributed by atoms with van der Waals surface area (Å²) in [6.45, 7) is 6.71. The number of hydrogen-bond donors (Lipinski definition) is 0. The molecule has 0 aliphatic heterocycles. The second-order valence-electron chi connectivity index (χ2n) is 3.41. The Hall–Kier alpha value is -1.85. The predicted molar refractivity (Wildman–Crippen MR) is 57.5 cm³/mol. The van der Waals surface area contributed by atoms with E-state index >= 15 is 0 Å². The molecule has 0 heterocycles. The highest BCUT2D eigenvalue weighted by Crippen LogP contribution is 2.15. The van der Waals surface area contributed by atoms with Gasteiger partial charge in [0.1, 0.15) is 6.10 Å². The minimum atomic E-state index is -0.652. The average molecular weight is 244 g/mol. The maximum absolute atomic E-state index is 10.8. The second kappa shape index (κ2) is 6.67. The summed E-state index contributed by atoms with van der Waals surface area (Å²) in [5, 5.41) is 0. The average Bonchev–Trinajstić information content (AvgIpc) is 2.12. The lowest BCUT2D eigenvalue weighted by atomic mass is 10.2. The molecule has 0 saturated carbocycles. The molecule has 0 fully saturated rings. The number of hydrogen-bond acceptors (Lipinski definition) is 6. The lowest BCUT2D eigenvalue weighted by Gasteiger charge is -2.15. The topological polar surface area (TPSA) is 78.9 Å². The predicted octanol–water partition coefficient (Wildman–Crippen LogP) is 1.30. The smallest absolute Gasteiger partial charge is 0.310 e. The van der Waals surface area contributed by atoms with Crippen LogP contribution >= 0.6 is 0 Å². The van der Waals surface area contributed by atoms with Crippen LogP contribution < -0.4 is 0 Å². The van der Waals surface area contributed by atoms with E-state index in [0.29, 0.717) is 5.57 Å². The molecule has 1 atom stereocenters. The Morgan fingerprint density at radius 2 is 1.24 bits per heavy atom. The Morgan fingerprint density at radius 1 is 0.824 bits per heavy atom. The van der Waals surface area contributed by atoms with Gasteiger partial charge in [0.15, 0.2) is 0 Å². The molecule has 96 valence electrons. The largest absolute Gasteiger partial charge is 0.458 e. The van der Waals surface area contributed by atoms with Crippen molar-refractivity contribution in [1.82, 2.24) is 0 Å². The fraction of sp³-hybridized carbons (Fsp3) is 0.545. The van der Waals surface area contributed by atoms with Gasteiger partial charge in [-0.25, -0.2) is 0 Å². The molecule has 0 aromatic rings. The van der Waals surface area contributed by atoms with Crippen molar-refractivity contribution in [3.8, 4) is 0 Å². The van der Waals surface area contributed by atoms with Crippen LogP contribution in [0.3, 0.4) is 0 Å². The molecule has 0 bridgehead atoms. The molecule has 0 rings (SSSR count). The van der Waals surface area contributed by atoms with Crippen molar-refractivity contribution in [2.75, 3.05) is 0 Å². The number of carbonyl (C=O) groups is 3. The molecule has 0 aliphatic carbocycles. The third-order valence-corrected chi connectivity index (χ3v) is 1.75. The van der Waals surface area contributed by atoms with E-state index < -0.39 is 24.0 Å². The van der Waals surface area contributed by atoms with Crippen LogP contribution in [0.5, 0.6) is 0 Å². The first-order valence-electron chi connectivity index (χ1n) is 4.98. The molecule has 0 radical (unpaired) electrons. The van der Waals surface area contributed by atoms with E-state index in [1.807, 2.05) is 0 Å². The van der Waals surface area contributed by atoms with Crippen molar-refractivity contribution in [1.29, 1.82) is 0 Å². The van der Waals surface area contributed by atoms with Crippen molar-refractivity contribution in [2.24, 2.45) is 0 Å². The van der Waals surface area contributed by atoms with Gasteiger partial charge in [0.25, 0.3) is 5.95 Å². The van der Waals surface area contributed by atoms with Crippen LogP contribution in [0.15, 0.2) is 11.5 Å². The normalized spacial score (nSPS) is 11.1. The van der Waals surface area contributed by atoms with Crippen molar-refractivity contribution in [3.05, 3.63) is 11.5 Å².